The van der Waals surface area contributed by atoms with Crippen LogP contribution in [0.3, 0.4) is 0 Å². The van der Waals surface area contributed by atoms with E-state index in [0.717, 1.165) is 0 Å². The average molecular weight is 373 g/mol. The molecule has 0 saturated heterocycles. The summed E-state index contributed by atoms with van der Waals surface area (Å²) in [5.74, 6) is -0.360. The van der Waals surface area contributed by atoms with E-state index in [1.165, 1.54) is 14.2 Å². The summed E-state index contributed by atoms with van der Waals surface area (Å²) in [4.78, 5) is 27.6. The van der Waals surface area contributed by atoms with E-state index in [4.69, 9.17) is 21.1 Å². The number of nitrogens with one attached hydrogen (secondary N) is 1. The number of ether oxygens (including phenoxy) is 2. The molecule has 0 amide bonds. The van der Waals surface area contributed by atoms with Crippen LogP contribution in [0.2, 0.25) is 5.02 Å². The number of methoxy groups -OCH3 is 2. The molecule has 110 valence electrons. The Balaban J connectivity index is 2.61. The van der Waals surface area contributed by atoms with Crippen LogP contribution >= 0.6 is 27.5 Å². The maximum absolute atomic E-state index is 12.5. The van der Waals surface area contributed by atoms with Gasteiger partial charge in [0.1, 0.15) is 10.2 Å². The third-order valence-corrected chi connectivity index (χ3v) is 3.67. The first-order valence-electron chi connectivity index (χ1n) is 5.83. The summed E-state index contributed by atoms with van der Waals surface area (Å²) in [6.45, 7) is 0. The van der Waals surface area contributed by atoms with Crippen LogP contribution in [0.25, 0.3) is 0 Å². The van der Waals surface area contributed by atoms with Gasteiger partial charge in [0.2, 0.25) is 17.1 Å². The van der Waals surface area contributed by atoms with E-state index in [-0.39, 0.29) is 21.8 Å². The summed E-state index contributed by atoms with van der Waals surface area (Å²) >= 11 is 8.96. The van der Waals surface area contributed by atoms with Crippen LogP contribution in [0, 0.1) is 0 Å². The first-order chi connectivity index (χ1) is 9.99. The Morgan fingerprint density at radius 3 is 2.33 bits per heavy atom. The molecule has 2 aromatic rings. The predicted molar refractivity (Wildman–Crippen MR) is 82.8 cm³/mol. The highest BCUT2D eigenvalue weighted by molar-refractivity contribution is 9.10. The molecule has 0 radical (unpaired) electrons. The van der Waals surface area contributed by atoms with Crippen LogP contribution in [0.5, 0.6) is 11.6 Å². The predicted octanol–water partition coefficient (Wildman–Crippen LogP) is 3.04. The first-order valence-corrected chi connectivity index (χ1v) is 7.00. The van der Waals surface area contributed by atoms with Gasteiger partial charge >= 0.3 is 0 Å². The third-order valence-electron chi connectivity index (χ3n) is 2.82. The summed E-state index contributed by atoms with van der Waals surface area (Å²) in [7, 11) is 2.72. The fourth-order valence-corrected chi connectivity index (χ4v) is 2.48. The summed E-state index contributed by atoms with van der Waals surface area (Å²) in [5, 5.41) is 0.506. The molecule has 1 heterocycles. The molecule has 21 heavy (non-hydrogen) atoms. The van der Waals surface area contributed by atoms with Crippen molar-refractivity contribution in [3.8, 4) is 11.6 Å². The lowest BCUT2D eigenvalue weighted by Crippen LogP contribution is -2.20. The number of H-pyrrole nitrogens is 1. The molecule has 0 bridgehead atoms. The van der Waals surface area contributed by atoms with Crippen molar-refractivity contribution in [2.45, 2.75) is 0 Å². The van der Waals surface area contributed by atoms with Gasteiger partial charge in [0, 0.05) is 10.6 Å². The molecule has 2 rings (SSSR count). The normalized spacial score (nSPS) is 10.3. The minimum atomic E-state index is -0.556. The van der Waals surface area contributed by atoms with Crippen molar-refractivity contribution in [1.29, 1.82) is 0 Å². The molecule has 0 saturated carbocycles. The molecule has 0 spiro atoms. The molecule has 7 heteroatoms. The van der Waals surface area contributed by atoms with E-state index in [1.54, 1.807) is 24.3 Å². The Hall–Kier alpha value is -1.79. The number of carbonyl (C=O) groups is 1. The van der Waals surface area contributed by atoms with Crippen LogP contribution in [0.4, 0.5) is 0 Å². The number of halogens is 2. The standard InChI is InChI=1S/C14H11BrClNO4/c1-20-12-11(19)9(13(15)17-14(12)21-2)10(18)7-3-5-8(16)6-4-7/h3-6H,1-2H3,(H,17,19). The zero-order chi connectivity index (χ0) is 15.6. The highest BCUT2D eigenvalue weighted by atomic mass is 79.9. The lowest BCUT2D eigenvalue weighted by Gasteiger charge is -2.10. The Kier molecular flexibility index (Phi) is 4.69. The Bertz CT molecular complexity index is 740. The van der Waals surface area contributed by atoms with Crippen LogP contribution in [-0.2, 0) is 0 Å². The van der Waals surface area contributed by atoms with Gasteiger partial charge in [-0.2, -0.15) is 0 Å². The van der Waals surface area contributed by atoms with Crippen molar-refractivity contribution in [2.24, 2.45) is 0 Å². The first kappa shape index (κ1) is 15.6. The van der Waals surface area contributed by atoms with Crippen molar-refractivity contribution >= 4 is 33.3 Å². The van der Waals surface area contributed by atoms with Gasteiger partial charge in [-0.25, -0.2) is 0 Å². The Labute approximate surface area is 134 Å². The van der Waals surface area contributed by atoms with E-state index in [2.05, 4.69) is 20.9 Å². The Morgan fingerprint density at radius 2 is 1.81 bits per heavy atom. The number of hydrogen-bond acceptors (Lipinski definition) is 4. The fourth-order valence-electron chi connectivity index (χ4n) is 1.81. The minimum Gasteiger partial charge on any atom is -0.488 e. The summed E-state index contributed by atoms with van der Waals surface area (Å²) < 4.78 is 10.2. The van der Waals surface area contributed by atoms with Gasteiger partial charge < -0.3 is 14.5 Å². The fraction of sp³-hybridized carbons (Fsp3) is 0.143. The monoisotopic (exact) mass is 371 g/mol. The molecule has 0 aliphatic carbocycles. The molecule has 0 unspecified atom stereocenters. The van der Waals surface area contributed by atoms with Gasteiger partial charge in [0.15, 0.2) is 5.78 Å². The van der Waals surface area contributed by atoms with Crippen molar-refractivity contribution < 1.29 is 14.3 Å². The van der Waals surface area contributed by atoms with Gasteiger partial charge in [0.25, 0.3) is 0 Å². The van der Waals surface area contributed by atoms with E-state index in [9.17, 15) is 9.59 Å². The van der Waals surface area contributed by atoms with Gasteiger partial charge in [-0.15, -0.1) is 0 Å². The molecular formula is C14H11BrClNO4. The molecule has 5 nitrogen and oxygen atoms in total. The summed E-state index contributed by atoms with van der Waals surface area (Å²) in [5.41, 5.74) is -0.271. The van der Waals surface area contributed by atoms with Crippen LogP contribution < -0.4 is 14.9 Å². The SMILES string of the molecule is COc1[nH]c(Br)c(C(=O)c2ccc(Cl)cc2)c(=O)c1OC. The van der Waals surface area contributed by atoms with Gasteiger partial charge in [-0.05, 0) is 40.2 Å². The quantitative estimate of drug-likeness (QED) is 0.661. The molecule has 0 atom stereocenters. The number of carbonyl (C=O) groups excluding carboxylic acids is 1. The number of pyridine rings is 1. The summed E-state index contributed by atoms with van der Waals surface area (Å²) in [6, 6.07) is 6.26. The smallest absolute Gasteiger partial charge is 0.239 e. The van der Waals surface area contributed by atoms with Gasteiger partial charge in [-0.3, -0.25) is 9.59 Å². The van der Waals surface area contributed by atoms with Gasteiger partial charge in [-0.1, -0.05) is 11.6 Å². The lowest BCUT2D eigenvalue weighted by molar-refractivity contribution is 0.103. The largest absolute Gasteiger partial charge is 0.488 e. The highest BCUT2D eigenvalue weighted by Gasteiger charge is 2.23. The lowest BCUT2D eigenvalue weighted by atomic mass is 10.0. The molecule has 0 aliphatic rings. The third kappa shape index (κ3) is 2.96. The van der Waals surface area contributed by atoms with Gasteiger partial charge in [0.05, 0.1) is 14.2 Å². The number of aromatic amines is 1. The average Bonchev–Trinajstić information content (AvgIpc) is 2.47. The van der Waals surface area contributed by atoms with Crippen LogP contribution in [0.15, 0.2) is 33.7 Å². The number of hydrogen-bond donors (Lipinski definition) is 1. The summed E-state index contributed by atoms with van der Waals surface area (Å²) in [6.07, 6.45) is 0. The van der Waals surface area contributed by atoms with E-state index < -0.39 is 11.2 Å². The number of aromatic nitrogens is 1. The zero-order valence-corrected chi connectivity index (χ0v) is 13.5. The molecule has 1 N–H and O–H groups in total. The number of benzene rings is 1. The van der Waals surface area contributed by atoms with Crippen molar-refractivity contribution in [3.63, 3.8) is 0 Å². The molecular weight excluding hydrogens is 362 g/mol. The van der Waals surface area contributed by atoms with E-state index in [1.807, 2.05) is 0 Å². The maximum atomic E-state index is 12.5. The second kappa shape index (κ2) is 6.32. The maximum Gasteiger partial charge on any atom is 0.239 e. The minimum absolute atomic E-state index is 0.0574. The van der Waals surface area contributed by atoms with Crippen LogP contribution in [-0.4, -0.2) is 25.0 Å². The second-order valence-electron chi connectivity index (χ2n) is 4.05. The molecule has 1 aromatic heterocycles. The second-order valence-corrected chi connectivity index (χ2v) is 5.28. The molecule has 0 fully saturated rings. The van der Waals surface area contributed by atoms with E-state index >= 15 is 0 Å². The number of rotatable bonds is 4. The van der Waals surface area contributed by atoms with E-state index in [0.29, 0.717) is 10.6 Å². The number of ketones is 1. The van der Waals surface area contributed by atoms with Crippen LogP contribution in [0.1, 0.15) is 15.9 Å². The van der Waals surface area contributed by atoms with Crippen molar-refractivity contribution in [2.75, 3.05) is 14.2 Å². The molecule has 1 aromatic carbocycles. The zero-order valence-electron chi connectivity index (χ0n) is 11.2. The Morgan fingerprint density at radius 1 is 1.19 bits per heavy atom. The van der Waals surface area contributed by atoms with Crippen molar-refractivity contribution in [1.82, 2.24) is 4.98 Å². The highest BCUT2D eigenvalue weighted by Crippen LogP contribution is 2.26. The van der Waals surface area contributed by atoms with Crippen molar-refractivity contribution in [3.05, 3.63) is 55.2 Å². The topological polar surface area (TPSA) is 68.4 Å². The molecule has 0 aliphatic heterocycles.